The van der Waals surface area contributed by atoms with Crippen LogP contribution in [0.3, 0.4) is 0 Å². The predicted molar refractivity (Wildman–Crippen MR) is 108 cm³/mol. The van der Waals surface area contributed by atoms with Crippen LogP contribution in [0.25, 0.3) is 11.0 Å². The molecule has 140 valence electrons. The van der Waals surface area contributed by atoms with E-state index in [1.54, 1.807) is 0 Å². The van der Waals surface area contributed by atoms with Gasteiger partial charge in [-0.15, -0.1) is 0 Å². The first-order chi connectivity index (χ1) is 13.1. The average Bonchev–Trinajstić information content (AvgIpc) is 3.12. The quantitative estimate of drug-likeness (QED) is 0.715. The zero-order chi connectivity index (χ0) is 18.8. The van der Waals surface area contributed by atoms with E-state index in [1.807, 2.05) is 53.4 Å². The number of para-hydroxylation sites is 2. The summed E-state index contributed by atoms with van der Waals surface area (Å²) >= 11 is 6.03. The summed E-state index contributed by atoms with van der Waals surface area (Å²) < 4.78 is 0. The van der Waals surface area contributed by atoms with Gasteiger partial charge >= 0.3 is 0 Å². The molecule has 4 rings (SSSR count). The van der Waals surface area contributed by atoms with E-state index in [4.69, 9.17) is 22.3 Å². The maximum Gasteiger partial charge on any atom is 0.224 e. The lowest BCUT2D eigenvalue weighted by atomic mass is 9.96. The standard InChI is InChI=1S/C21H23ClN4O/c22-16-7-3-5-14(11-16)17(23)12-20(27)26-10-4-6-15(13-26)21-24-18-8-1-2-9-19(18)25-21/h1-3,5,7-9,11,15,17H,4,6,10,12-13,23H2,(H,24,25)/t15?,17-/m0/s1. The summed E-state index contributed by atoms with van der Waals surface area (Å²) in [5.74, 6) is 1.29. The van der Waals surface area contributed by atoms with Crippen LogP contribution in [-0.2, 0) is 4.79 Å². The fourth-order valence-corrected chi connectivity index (χ4v) is 3.96. The van der Waals surface area contributed by atoms with Crippen molar-refractivity contribution in [1.82, 2.24) is 14.9 Å². The highest BCUT2D eigenvalue weighted by molar-refractivity contribution is 6.30. The predicted octanol–water partition coefficient (Wildman–Crippen LogP) is 4.01. The normalized spacial score (nSPS) is 18.6. The number of amides is 1. The number of imidazole rings is 1. The van der Waals surface area contributed by atoms with Crippen molar-refractivity contribution in [1.29, 1.82) is 0 Å². The largest absolute Gasteiger partial charge is 0.342 e. The van der Waals surface area contributed by atoms with E-state index in [0.717, 1.165) is 41.8 Å². The first-order valence-electron chi connectivity index (χ1n) is 9.33. The highest BCUT2D eigenvalue weighted by Crippen LogP contribution is 2.28. The number of aromatic amines is 1. The van der Waals surface area contributed by atoms with Gasteiger partial charge in [-0.1, -0.05) is 35.9 Å². The van der Waals surface area contributed by atoms with Crippen molar-refractivity contribution in [3.8, 4) is 0 Å². The summed E-state index contributed by atoms with van der Waals surface area (Å²) in [6.07, 6.45) is 2.29. The van der Waals surface area contributed by atoms with Crippen molar-refractivity contribution in [2.75, 3.05) is 13.1 Å². The molecule has 2 heterocycles. The third-order valence-electron chi connectivity index (χ3n) is 5.24. The van der Waals surface area contributed by atoms with E-state index in [2.05, 4.69) is 4.98 Å². The van der Waals surface area contributed by atoms with Gasteiger partial charge in [-0.25, -0.2) is 4.98 Å². The van der Waals surface area contributed by atoms with E-state index in [-0.39, 0.29) is 24.3 Å². The van der Waals surface area contributed by atoms with Crippen LogP contribution in [0.1, 0.15) is 42.6 Å². The SMILES string of the molecule is N[C@@H](CC(=O)N1CCCC(c2nc3ccccc3[nH]2)C1)c1cccc(Cl)c1. The highest BCUT2D eigenvalue weighted by Gasteiger charge is 2.27. The summed E-state index contributed by atoms with van der Waals surface area (Å²) in [4.78, 5) is 22.8. The Bertz CT molecular complexity index is 921. The van der Waals surface area contributed by atoms with Crippen LogP contribution in [0.15, 0.2) is 48.5 Å². The zero-order valence-corrected chi connectivity index (χ0v) is 15.8. The number of hydrogen-bond acceptors (Lipinski definition) is 3. The molecule has 1 unspecified atom stereocenters. The number of hydrogen-bond donors (Lipinski definition) is 2. The Kier molecular flexibility index (Phi) is 5.14. The van der Waals surface area contributed by atoms with Crippen LogP contribution in [-0.4, -0.2) is 33.9 Å². The minimum atomic E-state index is -0.345. The lowest BCUT2D eigenvalue weighted by Crippen LogP contribution is -2.40. The van der Waals surface area contributed by atoms with Crippen LogP contribution in [0.5, 0.6) is 0 Å². The molecule has 1 aliphatic rings. The van der Waals surface area contributed by atoms with Crippen molar-refractivity contribution in [2.24, 2.45) is 5.73 Å². The van der Waals surface area contributed by atoms with Crippen molar-refractivity contribution in [3.05, 3.63) is 64.9 Å². The van der Waals surface area contributed by atoms with Gasteiger partial charge in [-0.05, 0) is 42.7 Å². The monoisotopic (exact) mass is 382 g/mol. The Morgan fingerprint density at radius 2 is 2.15 bits per heavy atom. The molecule has 1 saturated heterocycles. The minimum Gasteiger partial charge on any atom is -0.342 e. The maximum absolute atomic E-state index is 12.8. The summed E-state index contributed by atoms with van der Waals surface area (Å²) in [5.41, 5.74) is 9.15. The number of nitrogens with two attached hydrogens (primary N) is 1. The first-order valence-corrected chi connectivity index (χ1v) is 9.71. The smallest absolute Gasteiger partial charge is 0.224 e. The lowest BCUT2D eigenvalue weighted by Gasteiger charge is -2.32. The van der Waals surface area contributed by atoms with E-state index >= 15 is 0 Å². The van der Waals surface area contributed by atoms with Gasteiger partial charge in [0.2, 0.25) is 5.91 Å². The fraction of sp³-hybridized carbons (Fsp3) is 0.333. The van der Waals surface area contributed by atoms with Gasteiger partial charge in [0.15, 0.2) is 0 Å². The Hall–Kier alpha value is -2.37. The summed E-state index contributed by atoms with van der Waals surface area (Å²) in [6, 6.07) is 15.1. The van der Waals surface area contributed by atoms with Gasteiger partial charge in [-0.3, -0.25) is 4.79 Å². The van der Waals surface area contributed by atoms with Crippen LogP contribution in [0.2, 0.25) is 5.02 Å². The molecule has 2 aromatic carbocycles. The molecule has 27 heavy (non-hydrogen) atoms. The number of H-pyrrole nitrogens is 1. The molecule has 1 aliphatic heterocycles. The number of rotatable bonds is 4. The second-order valence-corrected chi connectivity index (χ2v) is 7.62. The van der Waals surface area contributed by atoms with Gasteiger partial charge in [0, 0.05) is 36.5 Å². The third-order valence-corrected chi connectivity index (χ3v) is 5.47. The second kappa shape index (κ2) is 7.71. The number of nitrogens with one attached hydrogen (secondary N) is 1. The Balaban J connectivity index is 1.43. The number of piperidine rings is 1. The highest BCUT2D eigenvalue weighted by atomic mass is 35.5. The second-order valence-electron chi connectivity index (χ2n) is 7.18. The number of nitrogens with zero attached hydrogens (tertiary/aromatic N) is 2. The van der Waals surface area contributed by atoms with Crippen molar-refractivity contribution < 1.29 is 4.79 Å². The first kappa shape index (κ1) is 18.0. The molecule has 3 aromatic rings. The molecular formula is C21H23ClN4O. The summed E-state index contributed by atoms with van der Waals surface area (Å²) in [5, 5.41) is 0.637. The van der Waals surface area contributed by atoms with Crippen molar-refractivity contribution in [2.45, 2.75) is 31.2 Å². The topological polar surface area (TPSA) is 75.0 Å². The number of benzene rings is 2. The van der Waals surface area contributed by atoms with Gasteiger partial charge in [0.05, 0.1) is 11.0 Å². The number of halogens is 1. The van der Waals surface area contributed by atoms with Gasteiger partial charge in [0.25, 0.3) is 0 Å². The number of aromatic nitrogens is 2. The molecule has 0 bridgehead atoms. The van der Waals surface area contributed by atoms with Crippen LogP contribution >= 0.6 is 11.6 Å². The Morgan fingerprint density at radius 1 is 1.30 bits per heavy atom. The molecule has 1 fully saturated rings. The minimum absolute atomic E-state index is 0.0864. The molecule has 1 aromatic heterocycles. The maximum atomic E-state index is 12.8. The number of carbonyl (C=O) groups is 1. The Morgan fingerprint density at radius 3 is 2.96 bits per heavy atom. The van der Waals surface area contributed by atoms with E-state index < -0.39 is 0 Å². The summed E-state index contributed by atoms with van der Waals surface area (Å²) in [6.45, 7) is 1.46. The van der Waals surface area contributed by atoms with Crippen LogP contribution in [0, 0.1) is 0 Å². The molecule has 0 spiro atoms. The molecule has 0 saturated carbocycles. The molecule has 1 amide bonds. The third kappa shape index (κ3) is 3.99. The van der Waals surface area contributed by atoms with Gasteiger partial charge in [-0.2, -0.15) is 0 Å². The molecule has 6 heteroatoms. The van der Waals surface area contributed by atoms with Crippen molar-refractivity contribution >= 4 is 28.5 Å². The number of fused-ring (bicyclic) bond motifs is 1. The van der Waals surface area contributed by atoms with Crippen LogP contribution in [0.4, 0.5) is 0 Å². The number of carbonyl (C=O) groups excluding carboxylic acids is 1. The molecule has 3 N–H and O–H groups in total. The van der Waals surface area contributed by atoms with E-state index in [1.165, 1.54) is 0 Å². The molecule has 0 aliphatic carbocycles. The van der Waals surface area contributed by atoms with E-state index in [9.17, 15) is 4.79 Å². The molecule has 2 atom stereocenters. The molecule has 0 radical (unpaired) electrons. The lowest BCUT2D eigenvalue weighted by molar-refractivity contribution is -0.132. The Labute approximate surface area is 163 Å². The summed E-state index contributed by atoms with van der Waals surface area (Å²) in [7, 11) is 0. The molecule has 5 nitrogen and oxygen atoms in total. The van der Waals surface area contributed by atoms with Crippen LogP contribution < -0.4 is 5.73 Å². The average molecular weight is 383 g/mol. The van der Waals surface area contributed by atoms with Gasteiger partial charge < -0.3 is 15.6 Å². The number of likely N-dealkylation sites (tertiary alicyclic amines) is 1. The van der Waals surface area contributed by atoms with Crippen molar-refractivity contribution in [3.63, 3.8) is 0 Å². The molecular weight excluding hydrogens is 360 g/mol. The fourth-order valence-electron chi connectivity index (χ4n) is 3.77. The van der Waals surface area contributed by atoms with E-state index in [0.29, 0.717) is 11.6 Å². The zero-order valence-electron chi connectivity index (χ0n) is 15.1. The van der Waals surface area contributed by atoms with Gasteiger partial charge in [0.1, 0.15) is 5.82 Å².